The summed E-state index contributed by atoms with van der Waals surface area (Å²) in [7, 11) is 2.83. The van der Waals surface area contributed by atoms with E-state index in [-0.39, 0.29) is 10.7 Å². The summed E-state index contributed by atoms with van der Waals surface area (Å²) in [5.41, 5.74) is 0.216. The zero-order chi connectivity index (χ0) is 16.0. The number of nitrogens with one attached hydrogen (secondary N) is 2. The third kappa shape index (κ3) is 5.68. The summed E-state index contributed by atoms with van der Waals surface area (Å²) < 4.78 is 45.9. The number of anilines is 1. The minimum Gasteiger partial charge on any atom is -0.493 e. The van der Waals surface area contributed by atoms with Crippen LogP contribution < -0.4 is 20.1 Å². The standard InChI is InChI=1S/C12H14ClF3N2O3/c1-20-9-3-7(13)8(4-10(9)21-2)18-11(19)5-17-6-12(14,15)16/h3-4,17H,5-6H2,1-2H3,(H,18,19). The number of hydrogen-bond acceptors (Lipinski definition) is 4. The average molecular weight is 327 g/mol. The Morgan fingerprint density at radius 3 is 2.33 bits per heavy atom. The fraction of sp³-hybridized carbons (Fsp3) is 0.417. The summed E-state index contributed by atoms with van der Waals surface area (Å²) >= 11 is 5.94. The van der Waals surface area contributed by atoms with Crippen LogP contribution in [0.15, 0.2) is 12.1 Å². The monoisotopic (exact) mass is 326 g/mol. The van der Waals surface area contributed by atoms with Crippen molar-refractivity contribution < 1.29 is 27.4 Å². The number of halogens is 4. The van der Waals surface area contributed by atoms with Crippen LogP contribution in [0.1, 0.15) is 0 Å². The van der Waals surface area contributed by atoms with Gasteiger partial charge in [0.1, 0.15) is 0 Å². The fourth-order valence-electron chi connectivity index (χ4n) is 1.46. The molecule has 1 aromatic carbocycles. The molecule has 0 saturated carbocycles. The minimum atomic E-state index is -4.37. The Kier molecular flexibility index (Phi) is 6.10. The van der Waals surface area contributed by atoms with Gasteiger partial charge in [-0.2, -0.15) is 13.2 Å². The number of alkyl halides is 3. The summed E-state index contributed by atoms with van der Waals surface area (Å²) in [6.45, 7) is -1.75. The van der Waals surface area contributed by atoms with Crippen molar-refractivity contribution in [2.24, 2.45) is 0 Å². The molecule has 0 unspecified atom stereocenters. The molecular weight excluding hydrogens is 313 g/mol. The summed E-state index contributed by atoms with van der Waals surface area (Å²) in [6.07, 6.45) is -4.37. The molecule has 118 valence electrons. The Labute approximate surface area is 124 Å². The summed E-state index contributed by atoms with van der Waals surface area (Å²) in [5, 5.41) is 4.54. The van der Waals surface area contributed by atoms with Gasteiger partial charge in [-0.25, -0.2) is 0 Å². The van der Waals surface area contributed by atoms with Crippen LogP contribution in [0.5, 0.6) is 11.5 Å². The molecule has 1 amide bonds. The van der Waals surface area contributed by atoms with E-state index in [9.17, 15) is 18.0 Å². The quantitative estimate of drug-likeness (QED) is 0.843. The second-order valence-corrected chi connectivity index (χ2v) is 4.36. The van der Waals surface area contributed by atoms with E-state index in [1.54, 1.807) is 0 Å². The number of rotatable bonds is 6. The van der Waals surface area contributed by atoms with Crippen LogP contribution in [-0.2, 0) is 4.79 Å². The Balaban J connectivity index is 2.68. The number of carbonyl (C=O) groups excluding carboxylic acids is 1. The molecule has 0 bridgehead atoms. The van der Waals surface area contributed by atoms with Crippen molar-refractivity contribution in [2.45, 2.75) is 6.18 Å². The molecule has 1 rings (SSSR count). The Morgan fingerprint density at radius 1 is 1.24 bits per heavy atom. The van der Waals surface area contributed by atoms with E-state index in [0.717, 1.165) is 0 Å². The van der Waals surface area contributed by atoms with E-state index in [4.69, 9.17) is 21.1 Å². The van der Waals surface area contributed by atoms with Crippen LogP contribution in [-0.4, -0.2) is 39.4 Å². The predicted octanol–water partition coefficient (Wildman–Crippen LogP) is 2.45. The topological polar surface area (TPSA) is 59.6 Å². The van der Waals surface area contributed by atoms with Crippen LogP contribution in [0.2, 0.25) is 5.02 Å². The van der Waals surface area contributed by atoms with Crippen LogP contribution in [0, 0.1) is 0 Å². The maximum atomic E-state index is 11.9. The van der Waals surface area contributed by atoms with Crippen molar-refractivity contribution >= 4 is 23.2 Å². The van der Waals surface area contributed by atoms with Crippen LogP contribution in [0.3, 0.4) is 0 Å². The first kappa shape index (κ1) is 17.4. The molecule has 0 radical (unpaired) electrons. The largest absolute Gasteiger partial charge is 0.493 e. The summed E-state index contributed by atoms with van der Waals surface area (Å²) in [6, 6.07) is 2.85. The third-order valence-electron chi connectivity index (χ3n) is 2.36. The summed E-state index contributed by atoms with van der Waals surface area (Å²) in [4.78, 5) is 11.5. The first-order valence-electron chi connectivity index (χ1n) is 5.75. The van der Waals surface area contributed by atoms with Gasteiger partial charge in [-0.05, 0) is 0 Å². The first-order valence-corrected chi connectivity index (χ1v) is 6.13. The number of hydrogen-bond donors (Lipinski definition) is 2. The van der Waals surface area contributed by atoms with Crippen LogP contribution in [0.25, 0.3) is 0 Å². The molecule has 9 heteroatoms. The van der Waals surface area contributed by atoms with Crippen LogP contribution >= 0.6 is 11.6 Å². The van der Waals surface area contributed by atoms with Gasteiger partial charge in [0.05, 0.1) is 38.0 Å². The first-order chi connectivity index (χ1) is 9.76. The normalized spacial score (nSPS) is 11.1. The molecule has 21 heavy (non-hydrogen) atoms. The molecule has 0 spiro atoms. The lowest BCUT2D eigenvalue weighted by atomic mass is 10.2. The van der Waals surface area contributed by atoms with Crippen molar-refractivity contribution in [3.05, 3.63) is 17.2 Å². The van der Waals surface area contributed by atoms with Crippen LogP contribution in [0.4, 0.5) is 18.9 Å². The number of carbonyl (C=O) groups is 1. The smallest absolute Gasteiger partial charge is 0.401 e. The van der Waals surface area contributed by atoms with Gasteiger partial charge in [0, 0.05) is 12.1 Å². The highest BCUT2D eigenvalue weighted by molar-refractivity contribution is 6.34. The molecule has 0 aliphatic heterocycles. The zero-order valence-corrected chi connectivity index (χ0v) is 12.1. The molecule has 0 heterocycles. The van der Waals surface area contributed by atoms with E-state index < -0.39 is 25.2 Å². The number of amides is 1. The fourth-order valence-corrected chi connectivity index (χ4v) is 1.66. The van der Waals surface area contributed by atoms with Crippen molar-refractivity contribution in [1.82, 2.24) is 5.32 Å². The molecule has 0 aliphatic rings. The van der Waals surface area contributed by atoms with Gasteiger partial charge in [0.25, 0.3) is 0 Å². The molecule has 2 N–H and O–H groups in total. The summed E-state index contributed by atoms with van der Waals surface area (Å²) in [5.74, 6) is 0.0458. The lowest BCUT2D eigenvalue weighted by Crippen LogP contribution is -2.35. The molecular formula is C12H14ClF3N2O3. The molecule has 0 aromatic heterocycles. The van der Waals surface area contributed by atoms with Gasteiger partial charge in [-0.1, -0.05) is 11.6 Å². The molecule has 0 atom stereocenters. The van der Waals surface area contributed by atoms with Crippen molar-refractivity contribution in [3.8, 4) is 11.5 Å². The Hall–Kier alpha value is -1.67. The maximum absolute atomic E-state index is 11.9. The van der Waals surface area contributed by atoms with Gasteiger partial charge in [-0.15, -0.1) is 0 Å². The van der Waals surface area contributed by atoms with Crippen molar-refractivity contribution in [3.63, 3.8) is 0 Å². The van der Waals surface area contributed by atoms with E-state index in [2.05, 4.69) is 5.32 Å². The van der Waals surface area contributed by atoms with Gasteiger partial charge in [0.2, 0.25) is 5.91 Å². The van der Waals surface area contributed by atoms with E-state index in [1.165, 1.54) is 26.4 Å². The number of ether oxygens (including phenoxy) is 2. The van der Waals surface area contributed by atoms with Gasteiger partial charge in [-0.3, -0.25) is 4.79 Å². The SMILES string of the molecule is COc1cc(Cl)c(NC(=O)CNCC(F)(F)F)cc1OC. The highest BCUT2D eigenvalue weighted by Crippen LogP contribution is 2.35. The lowest BCUT2D eigenvalue weighted by Gasteiger charge is -2.13. The van der Waals surface area contributed by atoms with E-state index >= 15 is 0 Å². The number of benzene rings is 1. The van der Waals surface area contributed by atoms with Crippen molar-refractivity contribution in [2.75, 3.05) is 32.6 Å². The maximum Gasteiger partial charge on any atom is 0.401 e. The van der Waals surface area contributed by atoms with Gasteiger partial charge in [0.15, 0.2) is 11.5 Å². The van der Waals surface area contributed by atoms with E-state index in [1.807, 2.05) is 5.32 Å². The van der Waals surface area contributed by atoms with Crippen molar-refractivity contribution in [1.29, 1.82) is 0 Å². The number of methoxy groups -OCH3 is 2. The third-order valence-corrected chi connectivity index (χ3v) is 2.67. The highest BCUT2D eigenvalue weighted by Gasteiger charge is 2.26. The molecule has 1 aromatic rings. The highest BCUT2D eigenvalue weighted by atomic mass is 35.5. The van der Waals surface area contributed by atoms with E-state index in [0.29, 0.717) is 11.5 Å². The average Bonchev–Trinajstić information content (AvgIpc) is 2.39. The minimum absolute atomic E-state index is 0.178. The molecule has 5 nitrogen and oxygen atoms in total. The second-order valence-electron chi connectivity index (χ2n) is 3.95. The zero-order valence-electron chi connectivity index (χ0n) is 11.3. The Morgan fingerprint density at radius 2 is 1.81 bits per heavy atom. The molecule has 0 aliphatic carbocycles. The predicted molar refractivity (Wildman–Crippen MR) is 72.1 cm³/mol. The molecule has 0 saturated heterocycles. The second kappa shape index (κ2) is 7.37. The lowest BCUT2D eigenvalue weighted by molar-refractivity contribution is -0.126. The Bertz CT molecular complexity index is 509. The van der Waals surface area contributed by atoms with Gasteiger partial charge < -0.3 is 20.1 Å². The van der Waals surface area contributed by atoms with Gasteiger partial charge >= 0.3 is 6.18 Å². The molecule has 0 fully saturated rings.